The van der Waals surface area contributed by atoms with E-state index in [1.165, 1.54) is 0 Å². The van der Waals surface area contributed by atoms with Gasteiger partial charge in [-0.3, -0.25) is 24.7 Å². The standard InChI is InChI=1S/C17H20N4O3S/c1-19-7-9-20(10-8-19)18-15(22)12-21-16(23)14(25-17(21)24)11-13-5-3-2-4-6-13/h2-6,11H,7-10,12H2,1H3,(H,18,22)/b14-11+. The van der Waals surface area contributed by atoms with Crippen molar-refractivity contribution in [2.45, 2.75) is 0 Å². The van der Waals surface area contributed by atoms with Gasteiger partial charge in [-0.2, -0.15) is 0 Å². The minimum Gasteiger partial charge on any atom is -0.304 e. The number of carbonyl (C=O) groups excluding carboxylic acids is 3. The van der Waals surface area contributed by atoms with Gasteiger partial charge in [0, 0.05) is 26.2 Å². The van der Waals surface area contributed by atoms with Crippen LogP contribution in [-0.4, -0.2) is 71.6 Å². The van der Waals surface area contributed by atoms with Crippen molar-refractivity contribution in [3.05, 3.63) is 40.8 Å². The van der Waals surface area contributed by atoms with Crippen molar-refractivity contribution in [2.24, 2.45) is 0 Å². The summed E-state index contributed by atoms with van der Waals surface area (Å²) in [4.78, 5) is 40.2. The van der Waals surface area contributed by atoms with E-state index < -0.39 is 11.1 Å². The quantitative estimate of drug-likeness (QED) is 0.808. The first-order valence-electron chi connectivity index (χ1n) is 8.06. The maximum atomic E-state index is 12.4. The fourth-order valence-corrected chi connectivity index (χ4v) is 3.45. The molecule has 132 valence electrons. The Hall–Kier alpha value is -2.16. The normalized spacial score (nSPS) is 21.2. The smallest absolute Gasteiger partial charge is 0.294 e. The first-order valence-corrected chi connectivity index (χ1v) is 8.88. The van der Waals surface area contributed by atoms with Gasteiger partial charge >= 0.3 is 0 Å². The van der Waals surface area contributed by atoms with Crippen LogP contribution in [-0.2, 0) is 9.59 Å². The van der Waals surface area contributed by atoms with Crippen LogP contribution in [0, 0.1) is 0 Å². The molecule has 1 aromatic carbocycles. The first kappa shape index (κ1) is 17.7. The summed E-state index contributed by atoms with van der Waals surface area (Å²) in [7, 11) is 2.03. The molecule has 2 aliphatic heterocycles. The molecule has 0 unspecified atom stereocenters. The summed E-state index contributed by atoms with van der Waals surface area (Å²) >= 11 is 0.863. The maximum Gasteiger partial charge on any atom is 0.294 e. The summed E-state index contributed by atoms with van der Waals surface area (Å²) in [5, 5.41) is 1.40. The fourth-order valence-electron chi connectivity index (χ4n) is 2.61. The number of benzene rings is 1. The highest BCUT2D eigenvalue weighted by atomic mass is 32.2. The molecular weight excluding hydrogens is 340 g/mol. The Morgan fingerprint density at radius 2 is 1.84 bits per heavy atom. The van der Waals surface area contributed by atoms with E-state index in [1.54, 1.807) is 6.08 Å². The zero-order valence-electron chi connectivity index (χ0n) is 14.0. The zero-order valence-corrected chi connectivity index (χ0v) is 14.8. The van der Waals surface area contributed by atoms with Crippen LogP contribution in [0.25, 0.3) is 6.08 Å². The molecule has 3 amide bonds. The number of rotatable bonds is 4. The third-order valence-corrected chi connectivity index (χ3v) is 4.97. The number of thioether (sulfide) groups is 1. The first-order chi connectivity index (χ1) is 12.0. The van der Waals surface area contributed by atoms with Crippen LogP contribution in [0.15, 0.2) is 35.2 Å². The molecule has 7 nitrogen and oxygen atoms in total. The summed E-state index contributed by atoms with van der Waals surface area (Å²) in [6, 6.07) is 9.31. The van der Waals surface area contributed by atoms with Crippen LogP contribution in [0.4, 0.5) is 4.79 Å². The molecule has 0 atom stereocenters. The van der Waals surface area contributed by atoms with Crippen molar-refractivity contribution in [3.8, 4) is 0 Å². The molecule has 0 aliphatic carbocycles. The number of imide groups is 1. The van der Waals surface area contributed by atoms with Crippen molar-refractivity contribution in [1.82, 2.24) is 20.2 Å². The lowest BCUT2D eigenvalue weighted by Gasteiger charge is -2.32. The topological polar surface area (TPSA) is 73.0 Å². The van der Waals surface area contributed by atoms with Crippen LogP contribution < -0.4 is 5.43 Å². The highest BCUT2D eigenvalue weighted by Crippen LogP contribution is 2.31. The molecule has 0 spiro atoms. The number of hydrogen-bond acceptors (Lipinski definition) is 6. The molecule has 2 heterocycles. The molecule has 0 radical (unpaired) electrons. The van der Waals surface area contributed by atoms with Gasteiger partial charge in [0.05, 0.1) is 4.91 Å². The number of nitrogens with zero attached hydrogens (tertiary/aromatic N) is 3. The maximum absolute atomic E-state index is 12.4. The summed E-state index contributed by atoms with van der Waals surface area (Å²) in [5.74, 6) is -0.778. The molecule has 3 rings (SSSR count). The summed E-state index contributed by atoms with van der Waals surface area (Å²) < 4.78 is 0. The number of likely N-dealkylation sites (N-methyl/N-ethyl adjacent to an activating group) is 1. The van der Waals surface area contributed by atoms with E-state index >= 15 is 0 Å². The highest BCUT2D eigenvalue weighted by Gasteiger charge is 2.36. The van der Waals surface area contributed by atoms with E-state index in [1.807, 2.05) is 42.4 Å². The number of hydrogen-bond donors (Lipinski definition) is 1. The zero-order chi connectivity index (χ0) is 17.8. The van der Waals surface area contributed by atoms with Crippen molar-refractivity contribution in [2.75, 3.05) is 39.8 Å². The molecule has 0 bridgehead atoms. The molecule has 0 saturated carbocycles. The molecule has 2 fully saturated rings. The number of piperazine rings is 1. The lowest BCUT2D eigenvalue weighted by Crippen LogP contribution is -2.54. The predicted octanol–water partition coefficient (Wildman–Crippen LogP) is 1.00. The Bertz CT molecular complexity index is 699. The van der Waals surface area contributed by atoms with Crippen LogP contribution in [0.1, 0.15) is 5.56 Å². The van der Waals surface area contributed by atoms with Crippen molar-refractivity contribution in [1.29, 1.82) is 0 Å². The predicted molar refractivity (Wildman–Crippen MR) is 96.3 cm³/mol. The number of amides is 3. The molecule has 25 heavy (non-hydrogen) atoms. The lowest BCUT2D eigenvalue weighted by molar-refractivity contribution is -0.132. The highest BCUT2D eigenvalue weighted by molar-refractivity contribution is 8.18. The van der Waals surface area contributed by atoms with E-state index in [9.17, 15) is 14.4 Å². The number of nitrogens with one attached hydrogen (secondary N) is 1. The van der Waals surface area contributed by atoms with E-state index in [4.69, 9.17) is 0 Å². The number of carbonyl (C=O) groups is 3. The Balaban J connectivity index is 1.59. The monoisotopic (exact) mass is 360 g/mol. The molecular formula is C17H20N4O3S. The summed E-state index contributed by atoms with van der Waals surface area (Å²) in [6.07, 6.45) is 1.67. The van der Waals surface area contributed by atoms with Gasteiger partial charge in [-0.1, -0.05) is 30.3 Å². The lowest BCUT2D eigenvalue weighted by atomic mass is 10.2. The van der Waals surface area contributed by atoms with Gasteiger partial charge in [0.2, 0.25) is 0 Å². The Morgan fingerprint density at radius 3 is 2.52 bits per heavy atom. The Labute approximate surface area is 150 Å². The van der Waals surface area contributed by atoms with Crippen LogP contribution >= 0.6 is 11.8 Å². The summed E-state index contributed by atoms with van der Waals surface area (Å²) in [6.45, 7) is 2.91. The van der Waals surface area contributed by atoms with Crippen LogP contribution in [0.3, 0.4) is 0 Å². The van der Waals surface area contributed by atoms with Gasteiger partial charge in [0.1, 0.15) is 6.54 Å². The van der Waals surface area contributed by atoms with Gasteiger partial charge in [-0.15, -0.1) is 0 Å². The van der Waals surface area contributed by atoms with Crippen molar-refractivity contribution in [3.63, 3.8) is 0 Å². The second-order valence-corrected chi connectivity index (χ2v) is 7.00. The second-order valence-electron chi connectivity index (χ2n) is 6.00. The van der Waals surface area contributed by atoms with Gasteiger partial charge in [-0.25, -0.2) is 5.01 Å². The van der Waals surface area contributed by atoms with Gasteiger partial charge in [0.25, 0.3) is 17.1 Å². The minimum absolute atomic E-state index is 0.261. The summed E-state index contributed by atoms with van der Waals surface area (Å²) in [5.41, 5.74) is 3.61. The third kappa shape index (κ3) is 4.47. The van der Waals surface area contributed by atoms with Crippen LogP contribution in [0.5, 0.6) is 0 Å². The molecule has 8 heteroatoms. The van der Waals surface area contributed by atoms with Crippen LogP contribution in [0.2, 0.25) is 0 Å². The van der Waals surface area contributed by atoms with Gasteiger partial charge in [-0.05, 0) is 30.4 Å². The Kier molecular flexibility index (Phi) is 5.52. The average Bonchev–Trinajstić information content (AvgIpc) is 2.85. The fraction of sp³-hybridized carbons (Fsp3) is 0.353. The van der Waals surface area contributed by atoms with Gasteiger partial charge in [0.15, 0.2) is 0 Å². The van der Waals surface area contributed by atoms with E-state index in [0.29, 0.717) is 4.91 Å². The van der Waals surface area contributed by atoms with Gasteiger partial charge < -0.3 is 4.90 Å². The van der Waals surface area contributed by atoms with Crippen molar-refractivity contribution >= 4 is 34.9 Å². The van der Waals surface area contributed by atoms with Crippen molar-refractivity contribution < 1.29 is 14.4 Å². The molecule has 2 aliphatic rings. The van der Waals surface area contributed by atoms with E-state index in [2.05, 4.69) is 10.3 Å². The molecule has 1 N–H and O–H groups in total. The largest absolute Gasteiger partial charge is 0.304 e. The third-order valence-electron chi connectivity index (χ3n) is 4.06. The average molecular weight is 360 g/mol. The van der Waals surface area contributed by atoms with E-state index in [0.717, 1.165) is 48.4 Å². The van der Waals surface area contributed by atoms with E-state index in [-0.39, 0.29) is 12.5 Å². The Morgan fingerprint density at radius 1 is 1.16 bits per heavy atom. The SMILES string of the molecule is CN1CCN(NC(=O)CN2C(=O)S/C(=C/c3ccccc3)C2=O)CC1. The number of hydrazine groups is 1. The minimum atomic E-state index is -0.424. The second kappa shape index (κ2) is 7.81. The molecule has 1 aromatic rings. The molecule has 2 saturated heterocycles. The molecule has 0 aromatic heterocycles.